The number of halogens is 1. The Hall–Kier alpha value is -2.21. The molecule has 1 aliphatic rings. The predicted octanol–water partition coefficient (Wildman–Crippen LogP) is 1.41. The molecule has 1 aliphatic heterocycles. The zero-order valence-electron chi connectivity index (χ0n) is 9.20. The van der Waals surface area contributed by atoms with E-state index in [-0.39, 0.29) is 6.61 Å². The van der Waals surface area contributed by atoms with Crippen LogP contribution in [-0.4, -0.2) is 18.6 Å². The lowest BCUT2D eigenvalue weighted by molar-refractivity contribution is -0.134. The van der Waals surface area contributed by atoms with Gasteiger partial charge in [0, 0.05) is 16.8 Å². The van der Waals surface area contributed by atoms with Crippen LogP contribution in [0.25, 0.3) is 0 Å². The fourth-order valence-electron chi connectivity index (χ4n) is 1.28. The Morgan fingerprint density at radius 2 is 2.00 bits per heavy atom. The van der Waals surface area contributed by atoms with Gasteiger partial charge in [-0.1, -0.05) is 11.6 Å². The number of carbonyl (C=O) groups excluding carboxylic acids is 2. The molecule has 1 aromatic rings. The minimum absolute atomic E-state index is 0.125. The highest BCUT2D eigenvalue weighted by Gasteiger charge is 2.12. The van der Waals surface area contributed by atoms with E-state index in [4.69, 9.17) is 11.6 Å². The number of rotatable bonds is 3. The second-order valence-electron chi connectivity index (χ2n) is 3.49. The largest absolute Gasteiger partial charge is 0.456 e. The quantitative estimate of drug-likeness (QED) is 0.571. The maximum Gasteiger partial charge on any atom is 0.337 e. The highest BCUT2D eigenvalue weighted by Crippen LogP contribution is 2.12. The summed E-state index contributed by atoms with van der Waals surface area (Å²) >= 11 is 5.72. The summed E-state index contributed by atoms with van der Waals surface area (Å²) < 4.78 is 4.65. The van der Waals surface area contributed by atoms with Crippen LogP contribution in [0.4, 0.5) is 10.5 Å². The maximum atomic E-state index is 11.5. The first-order valence-corrected chi connectivity index (χ1v) is 5.47. The van der Waals surface area contributed by atoms with E-state index in [1.807, 2.05) is 0 Å². The van der Waals surface area contributed by atoms with Gasteiger partial charge in [-0.2, -0.15) is 0 Å². The van der Waals surface area contributed by atoms with Gasteiger partial charge in [-0.3, -0.25) is 10.9 Å². The highest BCUT2D eigenvalue weighted by atomic mass is 35.5. The molecule has 0 aromatic heterocycles. The number of esters is 1. The van der Waals surface area contributed by atoms with Crippen LogP contribution in [-0.2, 0) is 9.53 Å². The van der Waals surface area contributed by atoms with Crippen LogP contribution in [0.15, 0.2) is 36.0 Å². The molecule has 18 heavy (non-hydrogen) atoms. The number of anilines is 1. The van der Waals surface area contributed by atoms with Crippen molar-refractivity contribution in [1.29, 1.82) is 0 Å². The van der Waals surface area contributed by atoms with Crippen molar-refractivity contribution in [2.24, 2.45) is 0 Å². The molecular weight excluding hydrogens is 258 g/mol. The second-order valence-corrected chi connectivity index (χ2v) is 3.92. The molecular formula is C11H10ClN3O3. The first kappa shape index (κ1) is 12.3. The lowest BCUT2D eigenvalue weighted by Gasteiger charge is -2.09. The monoisotopic (exact) mass is 267 g/mol. The topological polar surface area (TPSA) is 79.5 Å². The van der Waals surface area contributed by atoms with Crippen molar-refractivity contribution >= 4 is 29.3 Å². The predicted molar refractivity (Wildman–Crippen MR) is 65.8 cm³/mol. The van der Waals surface area contributed by atoms with Crippen LogP contribution in [0, 0.1) is 0 Å². The molecule has 0 atom stereocenters. The summed E-state index contributed by atoms with van der Waals surface area (Å²) in [5.74, 6) is -0.433. The van der Waals surface area contributed by atoms with Crippen LogP contribution < -0.4 is 16.2 Å². The Labute approximate surface area is 108 Å². The molecule has 7 heteroatoms. The number of benzene rings is 1. The Morgan fingerprint density at radius 3 is 2.61 bits per heavy atom. The van der Waals surface area contributed by atoms with Crippen LogP contribution >= 0.6 is 11.6 Å². The molecule has 6 nitrogen and oxygen atoms in total. The average Bonchev–Trinajstić information content (AvgIpc) is 2.76. The molecule has 0 fully saturated rings. The van der Waals surface area contributed by atoms with E-state index in [2.05, 4.69) is 20.9 Å². The molecule has 0 unspecified atom stereocenters. The fourth-order valence-corrected chi connectivity index (χ4v) is 1.41. The van der Waals surface area contributed by atoms with E-state index in [1.54, 1.807) is 24.3 Å². The van der Waals surface area contributed by atoms with E-state index in [0.29, 0.717) is 16.4 Å². The minimum Gasteiger partial charge on any atom is -0.456 e. The van der Waals surface area contributed by atoms with E-state index in [0.717, 1.165) is 0 Å². The van der Waals surface area contributed by atoms with Crippen molar-refractivity contribution in [1.82, 2.24) is 10.9 Å². The lowest BCUT2D eigenvalue weighted by atomic mass is 10.3. The fraction of sp³-hybridized carbons (Fsp3) is 0.0909. The van der Waals surface area contributed by atoms with Crippen LogP contribution in [0.5, 0.6) is 0 Å². The normalized spacial score (nSPS) is 13.6. The third-order valence-electron chi connectivity index (χ3n) is 2.10. The standard InChI is InChI=1S/C11H10ClN3O3/c12-7-1-3-8(4-2-7)13-11(17)15-14-9-5-10(16)18-6-9/h1-5,14H,6H2,(H2,13,15,17). The molecule has 1 aromatic carbocycles. The summed E-state index contributed by atoms with van der Waals surface area (Å²) in [6.07, 6.45) is 1.27. The number of cyclic esters (lactones) is 1. The van der Waals surface area contributed by atoms with Crippen molar-refractivity contribution in [3.63, 3.8) is 0 Å². The number of hydrogen-bond donors (Lipinski definition) is 3. The molecule has 3 N–H and O–H groups in total. The SMILES string of the molecule is O=C(NNC1=CC(=O)OC1)Nc1ccc(Cl)cc1. The molecule has 2 rings (SSSR count). The molecule has 94 valence electrons. The van der Waals surface area contributed by atoms with Crippen molar-refractivity contribution in [2.75, 3.05) is 11.9 Å². The Bertz CT molecular complexity index is 499. The summed E-state index contributed by atoms with van der Waals surface area (Å²) in [6.45, 7) is 0.125. The van der Waals surface area contributed by atoms with Gasteiger partial charge in [-0.05, 0) is 24.3 Å². The Balaban J connectivity index is 1.80. The van der Waals surface area contributed by atoms with Gasteiger partial charge in [0.15, 0.2) is 0 Å². The number of amides is 2. The smallest absolute Gasteiger partial charge is 0.337 e. The van der Waals surface area contributed by atoms with Gasteiger partial charge in [0.05, 0.1) is 5.70 Å². The number of nitrogens with one attached hydrogen (secondary N) is 3. The number of ether oxygens (including phenoxy) is 1. The van der Waals surface area contributed by atoms with Crippen molar-refractivity contribution < 1.29 is 14.3 Å². The third-order valence-corrected chi connectivity index (χ3v) is 2.35. The highest BCUT2D eigenvalue weighted by molar-refractivity contribution is 6.30. The molecule has 0 radical (unpaired) electrons. The molecule has 0 saturated carbocycles. The number of carbonyl (C=O) groups is 2. The van der Waals surface area contributed by atoms with Crippen LogP contribution in [0.3, 0.4) is 0 Å². The number of hydrogen-bond acceptors (Lipinski definition) is 4. The van der Waals surface area contributed by atoms with Gasteiger partial charge in [-0.15, -0.1) is 0 Å². The van der Waals surface area contributed by atoms with Gasteiger partial charge < -0.3 is 10.1 Å². The van der Waals surface area contributed by atoms with E-state index in [1.165, 1.54) is 6.08 Å². The average molecular weight is 268 g/mol. The summed E-state index contributed by atoms with van der Waals surface area (Å²) in [7, 11) is 0. The third kappa shape index (κ3) is 3.39. The maximum absolute atomic E-state index is 11.5. The first-order valence-electron chi connectivity index (χ1n) is 5.09. The van der Waals surface area contributed by atoms with E-state index < -0.39 is 12.0 Å². The van der Waals surface area contributed by atoms with Gasteiger partial charge in [0.2, 0.25) is 0 Å². The van der Waals surface area contributed by atoms with Gasteiger partial charge in [0.1, 0.15) is 6.61 Å². The first-order chi connectivity index (χ1) is 8.63. The summed E-state index contributed by atoms with van der Waals surface area (Å²) in [4.78, 5) is 22.2. The van der Waals surface area contributed by atoms with E-state index >= 15 is 0 Å². The Kier molecular flexibility index (Phi) is 3.69. The summed E-state index contributed by atoms with van der Waals surface area (Å²) in [5.41, 5.74) is 6.04. The lowest BCUT2D eigenvalue weighted by Crippen LogP contribution is -2.40. The second kappa shape index (κ2) is 5.42. The molecule has 2 amide bonds. The van der Waals surface area contributed by atoms with Crippen molar-refractivity contribution in [3.05, 3.63) is 41.1 Å². The van der Waals surface area contributed by atoms with Gasteiger partial charge >= 0.3 is 12.0 Å². The Morgan fingerprint density at radius 1 is 1.28 bits per heavy atom. The zero-order valence-corrected chi connectivity index (χ0v) is 9.95. The summed E-state index contributed by atoms with van der Waals surface area (Å²) in [5, 5.41) is 3.17. The van der Waals surface area contributed by atoms with Gasteiger partial charge in [-0.25, -0.2) is 9.59 Å². The molecule has 0 spiro atoms. The number of hydrazine groups is 1. The zero-order chi connectivity index (χ0) is 13.0. The molecule has 0 aliphatic carbocycles. The van der Waals surface area contributed by atoms with Gasteiger partial charge in [0.25, 0.3) is 0 Å². The van der Waals surface area contributed by atoms with Crippen LogP contribution in [0.2, 0.25) is 5.02 Å². The van der Waals surface area contributed by atoms with Crippen molar-refractivity contribution in [3.8, 4) is 0 Å². The van der Waals surface area contributed by atoms with Crippen molar-refractivity contribution in [2.45, 2.75) is 0 Å². The minimum atomic E-state index is -0.461. The molecule has 0 saturated heterocycles. The summed E-state index contributed by atoms with van der Waals surface area (Å²) in [6, 6.07) is 6.21. The number of urea groups is 1. The van der Waals surface area contributed by atoms with E-state index in [9.17, 15) is 9.59 Å². The van der Waals surface area contributed by atoms with Crippen LogP contribution in [0.1, 0.15) is 0 Å². The molecule has 0 bridgehead atoms. The molecule has 1 heterocycles.